The van der Waals surface area contributed by atoms with Crippen LogP contribution in [0.3, 0.4) is 0 Å². The van der Waals surface area contributed by atoms with Gasteiger partial charge in [0.1, 0.15) is 6.10 Å². The van der Waals surface area contributed by atoms with Crippen molar-refractivity contribution in [3.05, 3.63) is 36.5 Å². The summed E-state index contributed by atoms with van der Waals surface area (Å²) in [5, 5.41) is 9.54. The van der Waals surface area contributed by atoms with Crippen LogP contribution >= 0.6 is 0 Å². The molecule has 0 radical (unpaired) electrons. The van der Waals surface area contributed by atoms with E-state index in [2.05, 4.69) is 50.3 Å². The van der Waals surface area contributed by atoms with Crippen LogP contribution in [0.1, 0.15) is 174 Å². The molecule has 0 aromatic carbocycles. The van der Waals surface area contributed by atoms with E-state index in [0.29, 0.717) is 13.0 Å². The molecule has 0 amide bonds. The van der Waals surface area contributed by atoms with Crippen molar-refractivity contribution in [2.45, 2.75) is 180 Å². The third-order valence-corrected chi connectivity index (χ3v) is 7.67. The van der Waals surface area contributed by atoms with E-state index in [9.17, 15) is 9.90 Å². The minimum Gasteiger partial charge on any atom is -0.457 e. The van der Waals surface area contributed by atoms with E-state index in [1.165, 1.54) is 122 Å². The maximum Gasteiger partial charge on any atom is 0.306 e. The summed E-state index contributed by atoms with van der Waals surface area (Å²) >= 11 is 0. The summed E-state index contributed by atoms with van der Waals surface area (Å²) in [6.45, 7) is 5.25. The van der Waals surface area contributed by atoms with E-state index in [0.717, 1.165) is 32.1 Å². The highest BCUT2D eigenvalue weighted by Gasteiger charge is 2.13. The van der Waals surface area contributed by atoms with Gasteiger partial charge in [0, 0.05) is 13.0 Å². The Hall–Kier alpha value is -1.39. The molecule has 0 saturated heterocycles. The lowest BCUT2D eigenvalue weighted by atomic mass is 10.1. The number of aliphatic hydroxyl groups excluding tert-OH is 1. The first kappa shape index (κ1) is 40.6. The molecule has 0 fully saturated rings. The second kappa shape index (κ2) is 35.8. The van der Waals surface area contributed by atoms with Crippen molar-refractivity contribution in [3.8, 4) is 0 Å². The Morgan fingerprint density at radius 2 is 1.05 bits per heavy atom. The molecular formula is C38H70O4. The number of allylic oxidation sites excluding steroid dienone is 6. The topological polar surface area (TPSA) is 55.8 Å². The van der Waals surface area contributed by atoms with E-state index in [1.54, 1.807) is 0 Å². The van der Waals surface area contributed by atoms with Gasteiger partial charge in [-0.3, -0.25) is 4.79 Å². The predicted octanol–water partition coefficient (Wildman–Crippen LogP) is 11.4. The molecule has 0 aliphatic carbocycles. The fourth-order valence-corrected chi connectivity index (χ4v) is 4.95. The van der Waals surface area contributed by atoms with Crippen molar-refractivity contribution in [1.82, 2.24) is 0 Å². The molecule has 0 aromatic heterocycles. The van der Waals surface area contributed by atoms with Gasteiger partial charge < -0.3 is 14.6 Å². The number of ether oxygens (including phenoxy) is 2. The van der Waals surface area contributed by atoms with E-state index >= 15 is 0 Å². The Labute approximate surface area is 261 Å². The van der Waals surface area contributed by atoms with Crippen molar-refractivity contribution in [3.63, 3.8) is 0 Å². The number of unbranched alkanes of at least 4 members (excludes halogenated alkanes) is 19. The molecular weight excluding hydrogens is 520 g/mol. The lowest BCUT2D eigenvalue weighted by Gasteiger charge is -2.15. The third-order valence-electron chi connectivity index (χ3n) is 7.67. The minimum absolute atomic E-state index is 0.179. The average Bonchev–Trinajstić information content (AvgIpc) is 3.00. The maximum absolute atomic E-state index is 12.1. The van der Waals surface area contributed by atoms with Crippen molar-refractivity contribution < 1.29 is 19.4 Å². The summed E-state index contributed by atoms with van der Waals surface area (Å²) in [5.41, 5.74) is 0. The van der Waals surface area contributed by atoms with E-state index in [-0.39, 0.29) is 19.2 Å². The van der Waals surface area contributed by atoms with Crippen molar-refractivity contribution in [2.75, 3.05) is 19.8 Å². The molecule has 0 heterocycles. The van der Waals surface area contributed by atoms with Crippen molar-refractivity contribution in [2.24, 2.45) is 0 Å². The lowest BCUT2D eigenvalue weighted by molar-refractivity contribution is -0.154. The van der Waals surface area contributed by atoms with Crippen LogP contribution in [0.5, 0.6) is 0 Å². The van der Waals surface area contributed by atoms with Crippen molar-refractivity contribution >= 4 is 5.97 Å². The average molecular weight is 591 g/mol. The SMILES string of the molecule is CCC/C=C\C/C=C\CCCCCCCCOCC(CO)OC(=O)CCCCCCC/C=C\CCCCCCCCC. The predicted molar refractivity (Wildman–Crippen MR) is 182 cm³/mol. The standard InChI is InChI=1S/C38H70O4/c1-3-5-7-9-11-13-15-17-19-20-21-23-25-27-29-31-33-38(40)42-37(35-39)36-41-34-32-30-28-26-24-22-18-16-14-12-10-8-6-4-2/h8,10,14,16,19-20,37,39H,3-7,9,11-13,15,17-18,21-36H2,1-2H3/b10-8-,16-14-,20-19-. The molecule has 4 nitrogen and oxygen atoms in total. The molecule has 1 atom stereocenters. The van der Waals surface area contributed by atoms with Crippen LogP contribution < -0.4 is 0 Å². The summed E-state index contributed by atoms with van der Waals surface area (Å²) in [5.74, 6) is -0.214. The van der Waals surface area contributed by atoms with Gasteiger partial charge in [0.05, 0.1) is 13.2 Å². The highest BCUT2D eigenvalue weighted by molar-refractivity contribution is 5.69. The molecule has 0 rings (SSSR count). The first-order valence-corrected chi connectivity index (χ1v) is 18.1. The van der Waals surface area contributed by atoms with Crippen LogP contribution in [0.15, 0.2) is 36.5 Å². The van der Waals surface area contributed by atoms with Gasteiger partial charge in [-0.25, -0.2) is 0 Å². The number of esters is 1. The second-order valence-corrected chi connectivity index (χ2v) is 11.9. The Morgan fingerprint density at radius 3 is 1.60 bits per heavy atom. The fraction of sp³-hybridized carbons (Fsp3) is 0.816. The number of carbonyl (C=O) groups is 1. The molecule has 0 bridgehead atoms. The highest BCUT2D eigenvalue weighted by atomic mass is 16.6. The van der Waals surface area contributed by atoms with Crippen LogP contribution in [0, 0.1) is 0 Å². The maximum atomic E-state index is 12.1. The number of rotatable bonds is 33. The zero-order chi connectivity index (χ0) is 30.6. The quantitative estimate of drug-likeness (QED) is 0.0469. The van der Waals surface area contributed by atoms with Crippen molar-refractivity contribution in [1.29, 1.82) is 0 Å². The summed E-state index contributed by atoms with van der Waals surface area (Å²) < 4.78 is 11.1. The first-order chi connectivity index (χ1) is 20.7. The Kier molecular flexibility index (Phi) is 34.6. The van der Waals surface area contributed by atoms with E-state index < -0.39 is 6.10 Å². The van der Waals surface area contributed by atoms with Crippen LogP contribution in [-0.4, -0.2) is 37.0 Å². The number of aliphatic hydroxyl groups is 1. The molecule has 4 heteroatoms. The zero-order valence-electron chi connectivity index (χ0n) is 28.0. The summed E-state index contributed by atoms with van der Waals surface area (Å²) in [6, 6.07) is 0. The second-order valence-electron chi connectivity index (χ2n) is 11.9. The first-order valence-electron chi connectivity index (χ1n) is 18.1. The van der Waals surface area contributed by atoms with Gasteiger partial charge in [-0.15, -0.1) is 0 Å². The number of hydrogen-bond donors (Lipinski definition) is 1. The molecule has 0 aliphatic rings. The lowest BCUT2D eigenvalue weighted by Crippen LogP contribution is -2.27. The molecule has 246 valence electrons. The van der Waals surface area contributed by atoms with E-state index in [4.69, 9.17) is 9.47 Å². The van der Waals surface area contributed by atoms with Crippen LogP contribution in [0.4, 0.5) is 0 Å². The Balaban J connectivity index is 3.47. The normalized spacial score (nSPS) is 12.7. The van der Waals surface area contributed by atoms with Crippen LogP contribution in [-0.2, 0) is 14.3 Å². The molecule has 0 spiro atoms. The summed E-state index contributed by atoms with van der Waals surface area (Å²) in [7, 11) is 0. The molecule has 0 aliphatic heterocycles. The van der Waals surface area contributed by atoms with Crippen LogP contribution in [0.25, 0.3) is 0 Å². The third kappa shape index (κ3) is 33.1. The Morgan fingerprint density at radius 1 is 0.571 bits per heavy atom. The molecule has 0 aromatic rings. The summed E-state index contributed by atoms with van der Waals surface area (Å²) in [6.07, 6.45) is 43.2. The fourth-order valence-electron chi connectivity index (χ4n) is 4.95. The minimum atomic E-state index is -0.541. The van der Waals surface area contributed by atoms with E-state index in [1.807, 2.05) is 0 Å². The van der Waals surface area contributed by atoms with Gasteiger partial charge in [-0.05, 0) is 64.2 Å². The number of hydrogen-bond acceptors (Lipinski definition) is 4. The zero-order valence-corrected chi connectivity index (χ0v) is 28.0. The van der Waals surface area contributed by atoms with Gasteiger partial charge in [0.25, 0.3) is 0 Å². The molecule has 1 N–H and O–H groups in total. The van der Waals surface area contributed by atoms with Gasteiger partial charge in [-0.1, -0.05) is 140 Å². The largest absolute Gasteiger partial charge is 0.457 e. The smallest absolute Gasteiger partial charge is 0.306 e. The van der Waals surface area contributed by atoms with Gasteiger partial charge in [0.2, 0.25) is 0 Å². The molecule has 1 unspecified atom stereocenters. The summed E-state index contributed by atoms with van der Waals surface area (Å²) in [4.78, 5) is 12.1. The highest BCUT2D eigenvalue weighted by Crippen LogP contribution is 2.12. The Bertz CT molecular complexity index is 625. The molecule has 0 saturated carbocycles. The van der Waals surface area contributed by atoms with Crippen LogP contribution in [0.2, 0.25) is 0 Å². The number of carbonyl (C=O) groups excluding carboxylic acids is 1. The van der Waals surface area contributed by atoms with Gasteiger partial charge >= 0.3 is 5.97 Å². The molecule has 42 heavy (non-hydrogen) atoms. The monoisotopic (exact) mass is 591 g/mol. The van der Waals surface area contributed by atoms with Gasteiger partial charge in [-0.2, -0.15) is 0 Å². The van der Waals surface area contributed by atoms with Gasteiger partial charge in [0.15, 0.2) is 0 Å².